The van der Waals surface area contributed by atoms with Gasteiger partial charge in [-0.1, -0.05) is 38.1 Å². The summed E-state index contributed by atoms with van der Waals surface area (Å²) < 4.78 is 4.81. The average Bonchev–Trinajstić information content (AvgIpc) is 3.47. The third kappa shape index (κ3) is 6.49. The van der Waals surface area contributed by atoms with Gasteiger partial charge in [0.05, 0.1) is 7.11 Å². The van der Waals surface area contributed by atoms with Gasteiger partial charge in [0, 0.05) is 37.6 Å². The van der Waals surface area contributed by atoms with Crippen molar-refractivity contribution in [1.82, 2.24) is 15.5 Å². The van der Waals surface area contributed by atoms with Crippen molar-refractivity contribution in [3.8, 4) is 0 Å². The Morgan fingerprint density at radius 3 is 2.41 bits per heavy atom. The standard InChI is InChI=1S/C22H34N4O2.HI/c1-5-23-21(24-18-10-12-26(13-11-18)22(27)28-4)25-20-14-19(20)17-8-6-16(7-9-17)15(2)3;/h6-9,15,18-20H,5,10-14H2,1-4H3,(H2,23,24,25);1H. The van der Waals surface area contributed by atoms with Gasteiger partial charge in [-0.15, -0.1) is 24.0 Å². The highest BCUT2D eigenvalue weighted by molar-refractivity contribution is 14.0. The fraction of sp³-hybridized carbons (Fsp3) is 0.636. The smallest absolute Gasteiger partial charge is 0.409 e. The van der Waals surface area contributed by atoms with Gasteiger partial charge in [-0.05, 0) is 43.2 Å². The number of carbonyl (C=O) groups is 1. The Bertz CT molecular complexity index is 685. The molecule has 2 unspecified atom stereocenters. The maximum absolute atomic E-state index is 11.6. The quantitative estimate of drug-likeness (QED) is 0.353. The molecule has 2 fully saturated rings. The molecule has 0 aromatic heterocycles. The third-order valence-corrected chi connectivity index (χ3v) is 5.73. The van der Waals surface area contributed by atoms with Gasteiger partial charge >= 0.3 is 6.09 Å². The lowest BCUT2D eigenvalue weighted by Crippen LogP contribution is -2.50. The van der Waals surface area contributed by atoms with E-state index in [1.165, 1.54) is 18.2 Å². The highest BCUT2D eigenvalue weighted by atomic mass is 127. The Morgan fingerprint density at radius 1 is 1.21 bits per heavy atom. The maximum atomic E-state index is 11.6. The largest absolute Gasteiger partial charge is 0.453 e. The minimum atomic E-state index is -0.233. The van der Waals surface area contributed by atoms with Gasteiger partial charge in [-0.3, -0.25) is 4.99 Å². The normalized spacial score (nSPS) is 22.1. The van der Waals surface area contributed by atoms with Crippen LogP contribution in [0.3, 0.4) is 0 Å². The molecule has 1 amide bonds. The first-order valence-electron chi connectivity index (χ1n) is 10.5. The summed E-state index contributed by atoms with van der Waals surface area (Å²) in [7, 11) is 1.44. The van der Waals surface area contributed by atoms with Gasteiger partial charge in [-0.2, -0.15) is 0 Å². The van der Waals surface area contributed by atoms with Gasteiger partial charge in [-0.25, -0.2) is 4.79 Å². The number of likely N-dealkylation sites (tertiary alicyclic amines) is 1. The first kappa shape index (κ1) is 23.8. The number of guanidine groups is 1. The van der Waals surface area contributed by atoms with Crippen LogP contribution in [0.4, 0.5) is 4.79 Å². The van der Waals surface area contributed by atoms with Crippen molar-refractivity contribution in [2.24, 2.45) is 4.99 Å². The lowest BCUT2D eigenvalue weighted by Gasteiger charge is -2.32. The fourth-order valence-electron chi connectivity index (χ4n) is 3.85. The van der Waals surface area contributed by atoms with Crippen LogP contribution in [0, 0.1) is 0 Å². The van der Waals surface area contributed by atoms with E-state index in [4.69, 9.17) is 4.74 Å². The number of piperidine rings is 1. The number of methoxy groups -OCH3 is 1. The second-order valence-electron chi connectivity index (χ2n) is 8.11. The van der Waals surface area contributed by atoms with E-state index < -0.39 is 0 Å². The molecule has 0 bridgehead atoms. The van der Waals surface area contributed by atoms with E-state index in [1.807, 2.05) is 0 Å². The summed E-state index contributed by atoms with van der Waals surface area (Å²) in [6.07, 6.45) is 2.73. The minimum Gasteiger partial charge on any atom is -0.453 e. The lowest BCUT2D eigenvalue weighted by molar-refractivity contribution is 0.111. The van der Waals surface area contributed by atoms with Crippen LogP contribution < -0.4 is 10.6 Å². The van der Waals surface area contributed by atoms with Crippen molar-refractivity contribution >= 4 is 36.0 Å². The van der Waals surface area contributed by atoms with E-state index in [9.17, 15) is 4.79 Å². The first-order chi connectivity index (χ1) is 13.5. The summed E-state index contributed by atoms with van der Waals surface area (Å²) in [5.74, 6) is 2.02. The zero-order valence-corrected chi connectivity index (χ0v) is 20.3. The van der Waals surface area contributed by atoms with Gasteiger partial charge in [0.2, 0.25) is 0 Å². The maximum Gasteiger partial charge on any atom is 0.409 e. The number of rotatable bonds is 5. The highest BCUT2D eigenvalue weighted by Crippen LogP contribution is 2.41. The van der Waals surface area contributed by atoms with Gasteiger partial charge in [0.1, 0.15) is 0 Å². The van der Waals surface area contributed by atoms with Gasteiger partial charge in [0.15, 0.2) is 5.96 Å². The van der Waals surface area contributed by atoms with E-state index in [1.54, 1.807) is 4.90 Å². The predicted molar refractivity (Wildman–Crippen MR) is 128 cm³/mol. The van der Waals surface area contributed by atoms with E-state index in [2.05, 4.69) is 60.7 Å². The number of hydrogen-bond acceptors (Lipinski definition) is 3. The van der Waals surface area contributed by atoms with Crippen LogP contribution in [0.1, 0.15) is 63.0 Å². The van der Waals surface area contributed by atoms with Crippen LogP contribution in [0.5, 0.6) is 0 Å². The van der Waals surface area contributed by atoms with Crippen molar-refractivity contribution in [3.05, 3.63) is 35.4 Å². The zero-order chi connectivity index (χ0) is 20.1. The van der Waals surface area contributed by atoms with Crippen LogP contribution in [0.2, 0.25) is 0 Å². The number of nitrogens with one attached hydrogen (secondary N) is 2. The molecule has 0 radical (unpaired) electrons. The summed E-state index contributed by atoms with van der Waals surface area (Å²) in [4.78, 5) is 18.0. The highest BCUT2D eigenvalue weighted by Gasteiger charge is 2.39. The average molecular weight is 514 g/mol. The molecule has 1 aromatic rings. The molecule has 1 aromatic carbocycles. The molecular weight excluding hydrogens is 479 g/mol. The molecular formula is C22H35IN4O2. The van der Waals surface area contributed by atoms with Crippen LogP contribution in [-0.2, 0) is 4.74 Å². The molecule has 1 aliphatic carbocycles. The number of aliphatic imine (C=N–C) groups is 1. The third-order valence-electron chi connectivity index (χ3n) is 5.73. The van der Waals surface area contributed by atoms with Gasteiger partial charge in [0.25, 0.3) is 0 Å². The van der Waals surface area contributed by atoms with E-state index in [-0.39, 0.29) is 30.1 Å². The Morgan fingerprint density at radius 2 is 1.86 bits per heavy atom. The molecule has 2 aliphatic rings. The fourth-order valence-corrected chi connectivity index (χ4v) is 3.85. The second-order valence-corrected chi connectivity index (χ2v) is 8.11. The van der Waals surface area contributed by atoms with Crippen molar-refractivity contribution < 1.29 is 9.53 Å². The molecule has 7 heteroatoms. The number of hydrogen-bond donors (Lipinski definition) is 2. The number of nitrogens with zero attached hydrogens (tertiary/aromatic N) is 2. The van der Waals surface area contributed by atoms with Crippen LogP contribution >= 0.6 is 24.0 Å². The number of ether oxygens (including phenoxy) is 1. The van der Waals surface area contributed by atoms with Crippen molar-refractivity contribution in [2.75, 3.05) is 26.7 Å². The Labute approximate surface area is 191 Å². The molecule has 2 atom stereocenters. The molecule has 1 saturated carbocycles. The minimum absolute atomic E-state index is 0. The van der Waals surface area contributed by atoms with E-state index in [0.717, 1.165) is 44.9 Å². The predicted octanol–water partition coefficient (Wildman–Crippen LogP) is 4.07. The second kappa shape index (κ2) is 11.0. The molecule has 1 saturated heterocycles. The zero-order valence-electron chi connectivity index (χ0n) is 18.0. The van der Waals surface area contributed by atoms with Crippen LogP contribution in [-0.4, -0.2) is 55.8 Å². The van der Waals surface area contributed by atoms with Crippen molar-refractivity contribution in [3.63, 3.8) is 0 Å². The summed E-state index contributed by atoms with van der Waals surface area (Å²) in [5, 5.41) is 7.17. The molecule has 1 heterocycles. The topological polar surface area (TPSA) is 66.0 Å². The molecule has 2 N–H and O–H groups in total. The molecule has 3 rings (SSSR count). The monoisotopic (exact) mass is 514 g/mol. The summed E-state index contributed by atoms with van der Waals surface area (Å²) in [6, 6.07) is 9.83. The van der Waals surface area contributed by atoms with Gasteiger partial charge < -0.3 is 20.3 Å². The Balaban J connectivity index is 0.00000300. The summed E-state index contributed by atoms with van der Waals surface area (Å²) in [5.41, 5.74) is 2.80. The SMILES string of the molecule is CCN=C(NC1CCN(C(=O)OC)CC1)NC1CC1c1ccc(C(C)C)cc1.I. The molecule has 1 aliphatic heterocycles. The molecule has 29 heavy (non-hydrogen) atoms. The van der Waals surface area contributed by atoms with E-state index >= 15 is 0 Å². The van der Waals surface area contributed by atoms with E-state index in [0.29, 0.717) is 23.9 Å². The Hall–Kier alpha value is -1.51. The number of benzene rings is 1. The van der Waals surface area contributed by atoms with Crippen LogP contribution in [0.25, 0.3) is 0 Å². The molecule has 6 nitrogen and oxygen atoms in total. The number of carbonyl (C=O) groups excluding carboxylic acids is 1. The number of amides is 1. The lowest BCUT2D eigenvalue weighted by atomic mass is 10.0. The first-order valence-corrected chi connectivity index (χ1v) is 10.5. The summed E-state index contributed by atoms with van der Waals surface area (Å²) in [6.45, 7) is 8.70. The summed E-state index contributed by atoms with van der Waals surface area (Å²) >= 11 is 0. The van der Waals surface area contributed by atoms with Crippen molar-refractivity contribution in [2.45, 2.75) is 64.0 Å². The van der Waals surface area contributed by atoms with Crippen molar-refractivity contribution in [1.29, 1.82) is 0 Å². The molecule has 162 valence electrons. The molecule has 0 spiro atoms. The van der Waals surface area contributed by atoms with Crippen LogP contribution in [0.15, 0.2) is 29.3 Å². The Kier molecular flexibility index (Phi) is 9.04. The number of halogens is 1.